The number of hydrogen-bond donors (Lipinski definition) is 0. The van der Waals surface area contributed by atoms with Crippen LogP contribution in [0.4, 0.5) is 0 Å². The molecule has 0 heterocycles. The zero-order valence-electron chi connectivity index (χ0n) is 9.08. The molecule has 0 saturated carbocycles. The fourth-order valence-corrected chi connectivity index (χ4v) is 0. The van der Waals surface area contributed by atoms with E-state index in [2.05, 4.69) is 4.33 Å². The van der Waals surface area contributed by atoms with Gasteiger partial charge < -0.3 is 25.1 Å². The first-order valence-electron chi connectivity index (χ1n) is 1.61. The monoisotopic (exact) mass is 759 g/mol. The van der Waals surface area contributed by atoms with Crippen LogP contribution in [0.15, 0.2) is 0 Å². The molecule has 10 nitrogen and oxygen atoms in total. The Labute approximate surface area is 164 Å². The van der Waals surface area contributed by atoms with Crippen LogP contribution in [0.25, 0.3) is 0 Å². The molecule has 0 aromatic rings. The molecule has 4 N–H and O–H groups in total. The van der Waals surface area contributed by atoms with Gasteiger partial charge in [0.15, 0.2) is 0 Å². The Bertz CT molecular complexity index is 256. The molecule has 0 aromatic heterocycles. The standard InChI is InChI=1S/7CH4.H2O4S.O2S.2H2O.2O.2Pb/c;;;;;;;1-4-5(2)3;1-3-2;;;;;;/h7*1H4;1H,(H,2,3);;2*1H2;;;;/p+1. The second-order valence-corrected chi connectivity index (χ2v) is 6.14. The van der Waals surface area contributed by atoms with Gasteiger partial charge in [0.25, 0.3) is 0 Å². The van der Waals surface area contributed by atoms with Crippen molar-refractivity contribution in [3.63, 3.8) is 0 Å². The Hall–Kier alpha value is 1.21. The molecule has 0 saturated heterocycles. The average molecular weight is 758 g/mol. The predicted octanol–water partition coefficient (Wildman–Crippen LogP) is -0.456. The summed E-state index contributed by atoms with van der Waals surface area (Å²) in [5.41, 5.74) is 0. The molecule has 1 atom stereocenters. The molecule has 0 aliphatic rings. The summed E-state index contributed by atoms with van der Waals surface area (Å²) in [4.78, 5) is 0. The summed E-state index contributed by atoms with van der Waals surface area (Å²) in [5, 5.41) is 8.52. The van der Waals surface area contributed by atoms with Gasteiger partial charge in [-0.15, -0.1) is 0 Å². The molecular formula is C7H35O10Pb2S2+. The van der Waals surface area contributed by atoms with E-state index in [4.69, 9.17) is 27.8 Å². The molecule has 0 bridgehead atoms. The molecule has 0 amide bonds. The van der Waals surface area contributed by atoms with Crippen molar-refractivity contribution in [1.82, 2.24) is 0 Å². The van der Waals surface area contributed by atoms with Crippen LogP contribution in [-0.4, -0.2) is 76.1 Å². The van der Waals surface area contributed by atoms with E-state index in [1.165, 1.54) is 0 Å². The van der Waals surface area contributed by atoms with Crippen LogP contribution >= 0.6 is 0 Å². The molecule has 0 aliphatic carbocycles. The van der Waals surface area contributed by atoms with Gasteiger partial charge in [0.05, 0.1) is 11.4 Å². The van der Waals surface area contributed by atoms with Crippen LogP contribution in [0.3, 0.4) is 0 Å². The number of hydrogen-bond acceptors (Lipinski definition) is 8. The molecule has 0 fully saturated rings. The molecular weight excluding hydrogens is 723 g/mol. The van der Waals surface area contributed by atoms with Crippen molar-refractivity contribution in [3.8, 4) is 0 Å². The van der Waals surface area contributed by atoms with Crippen molar-refractivity contribution in [2.75, 3.05) is 0 Å². The number of rotatable bonds is 1. The molecule has 0 rings (SSSR count). The normalized spacial score (nSPS) is 5.05. The second-order valence-electron chi connectivity index (χ2n) is 0.590. The van der Waals surface area contributed by atoms with Crippen LogP contribution in [-0.2, 0) is 27.8 Å². The van der Waals surface area contributed by atoms with Gasteiger partial charge in [0.1, 0.15) is 0 Å². The Balaban J connectivity index is -0.00000000316. The summed E-state index contributed by atoms with van der Waals surface area (Å²) < 4.78 is 55.3. The Morgan fingerprint density at radius 1 is 0.857 bits per heavy atom. The SMILES string of the molecule is C.C.C.C.C.C.C.O.O.O=S([O-])O[O-].O=[S](=O)=[Pb].[H+].[H+].[H+].[O]=[Pb]=[O]. The van der Waals surface area contributed by atoms with Crippen molar-refractivity contribution in [1.29, 1.82) is 0 Å². The van der Waals surface area contributed by atoms with Gasteiger partial charge in [-0.1, -0.05) is 52.0 Å². The Morgan fingerprint density at radius 3 is 0.905 bits per heavy atom. The van der Waals surface area contributed by atoms with Crippen LogP contribution in [0.1, 0.15) is 56.3 Å². The predicted molar refractivity (Wildman–Crippen MR) is 89.5 cm³/mol. The molecule has 21 heavy (non-hydrogen) atoms. The minimum absolute atomic E-state index is 0. The van der Waals surface area contributed by atoms with Gasteiger partial charge in [0, 0.05) is 0 Å². The van der Waals surface area contributed by atoms with Gasteiger partial charge in [-0.2, -0.15) is 0 Å². The van der Waals surface area contributed by atoms with Gasteiger partial charge in [-0.25, -0.2) is 4.21 Å². The van der Waals surface area contributed by atoms with E-state index < -0.39 is 42.3 Å². The van der Waals surface area contributed by atoms with Crippen molar-refractivity contribution < 1.29 is 47.4 Å². The van der Waals surface area contributed by atoms with E-state index in [-0.39, 0.29) is 90.9 Å². The van der Waals surface area contributed by atoms with Crippen molar-refractivity contribution in [2.45, 2.75) is 52.0 Å². The molecule has 1 unspecified atom stereocenters. The van der Waals surface area contributed by atoms with Crippen molar-refractivity contribution >= 4 is 66.0 Å². The van der Waals surface area contributed by atoms with Gasteiger partial charge >= 0.3 is 72.7 Å². The summed E-state index contributed by atoms with van der Waals surface area (Å²) in [6, 6.07) is 0. The summed E-state index contributed by atoms with van der Waals surface area (Å²) in [5.74, 6) is 0. The maximum atomic E-state index is 9.06. The second kappa shape index (κ2) is 102. The van der Waals surface area contributed by atoms with Gasteiger partial charge in [-0.05, 0) is 0 Å². The maximum absolute atomic E-state index is 9.06. The third-order valence-corrected chi connectivity index (χ3v) is 0.167. The third-order valence-electron chi connectivity index (χ3n) is 0.0556. The van der Waals surface area contributed by atoms with Gasteiger partial charge in [-0.3, -0.25) is 0 Å². The minimum atomic E-state index is -2.88. The van der Waals surface area contributed by atoms with E-state index in [0.29, 0.717) is 0 Å². The molecule has 0 aliphatic heterocycles. The van der Waals surface area contributed by atoms with Crippen molar-refractivity contribution in [3.05, 3.63) is 0 Å². The third kappa shape index (κ3) is 758. The van der Waals surface area contributed by atoms with E-state index in [1.807, 2.05) is 0 Å². The quantitative estimate of drug-likeness (QED) is 0.148. The van der Waals surface area contributed by atoms with Crippen LogP contribution in [0.2, 0.25) is 0 Å². The molecule has 142 valence electrons. The Morgan fingerprint density at radius 2 is 0.905 bits per heavy atom. The first-order valence-corrected chi connectivity index (χ1v) is 11.6. The molecule has 0 aromatic carbocycles. The topological polar surface area (TPSA) is 204 Å². The zero-order chi connectivity index (χ0) is 10.6. The van der Waals surface area contributed by atoms with Gasteiger partial charge in [0.2, 0.25) is 0 Å². The fraction of sp³-hybridized carbons (Fsp3) is 1.00. The first kappa shape index (κ1) is 95.8. The fourth-order valence-electron chi connectivity index (χ4n) is 0. The average Bonchev–Trinajstić information content (AvgIpc) is 1.88. The van der Waals surface area contributed by atoms with E-state index in [9.17, 15) is 0 Å². The summed E-state index contributed by atoms with van der Waals surface area (Å²) in [7, 11) is 0. The molecule has 0 spiro atoms. The van der Waals surface area contributed by atoms with E-state index in [0.717, 1.165) is 0 Å². The van der Waals surface area contributed by atoms with E-state index >= 15 is 0 Å². The first-order chi connectivity index (χ1) is 5.42. The zero-order valence-corrected chi connectivity index (χ0v) is 15.5. The molecule has 14 heteroatoms. The van der Waals surface area contributed by atoms with E-state index in [1.54, 1.807) is 0 Å². The van der Waals surface area contributed by atoms with Crippen LogP contribution in [0.5, 0.6) is 0 Å². The summed E-state index contributed by atoms with van der Waals surface area (Å²) in [6.07, 6.45) is 0. The summed E-state index contributed by atoms with van der Waals surface area (Å²) in [6.45, 7) is -1.72. The summed E-state index contributed by atoms with van der Waals surface area (Å²) >= 11 is -5.03. The van der Waals surface area contributed by atoms with Crippen LogP contribution in [0, 0.1) is 0 Å². The van der Waals surface area contributed by atoms with Crippen LogP contribution < -0.4 is 5.26 Å². The molecule has 2 radical (unpaired) electrons. The Kier molecular flexibility index (Phi) is 466. The van der Waals surface area contributed by atoms with Crippen molar-refractivity contribution in [2.24, 2.45) is 0 Å².